The van der Waals surface area contributed by atoms with Gasteiger partial charge in [0.2, 0.25) is 0 Å². The maximum Gasteiger partial charge on any atom is 0.143 e. The minimum absolute atomic E-state index is 0.0164. The lowest BCUT2D eigenvalue weighted by Gasteiger charge is -2.36. The Bertz CT molecular complexity index is 376. The van der Waals surface area contributed by atoms with E-state index in [0.29, 0.717) is 0 Å². The van der Waals surface area contributed by atoms with Crippen molar-refractivity contribution in [1.82, 2.24) is 0 Å². The van der Waals surface area contributed by atoms with E-state index in [2.05, 4.69) is 26.8 Å². The van der Waals surface area contributed by atoms with Crippen LogP contribution in [0.2, 0.25) is 0 Å². The van der Waals surface area contributed by atoms with Gasteiger partial charge in [-0.1, -0.05) is 45.0 Å². The zero-order chi connectivity index (χ0) is 11.3. The van der Waals surface area contributed by atoms with E-state index < -0.39 is 5.72 Å². The molecule has 0 bridgehead atoms. The summed E-state index contributed by atoms with van der Waals surface area (Å²) in [6.07, 6.45) is 0.868. The van der Waals surface area contributed by atoms with Crippen molar-refractivity contribution in [3.05, 3.63) is 35.4 Å². The van der Waals surface area contributed by atoms with Crippen LogP contribution in [0.1, 0.15) is 31.9 Å². The summed E-state index contributed by atoms with van der Waals surface area (Å²) in [6, 6.07) is 7.92. The van der Waals surface area contributed by atoms with Gasteiger partial charge in [-0.25, -0.2) is 0 Å². The van der Waals surface area contributed by atoms with Crippen LogP contribution in [0.4, 0.5) is 0 Å². The third-order valence-electron chi connectivity index (χ3n) is 3.45. The molecular weight excluding hydrogens is 186 g/mol. The van der Waals surface area contributed by atoms with Crippen molar-refractivity contribution in [2.75, 3.05) is 0 Å². The summed E-state index contributed by atoms with van der Waals surface area (Å²) < 4.78 is 0. The first-order chi connectivity index (χ1) is 6.83. The smallest absolute Gasteiger partial charge is 0.143 e. The summed E-state index contributed by atoms with van der Waals surface area (Å²) in [7, 11) is 0. The molecule has 0 aliphatic heterocycles. The van der Waals surface area contributed by atoms with E-state index in [-0.39, 0.29) is 11.3 Å². The van der Waals surface area contributed by atoms with Gasteiger partial charge in [0.15, 0.2) is 0 Å². The first-order valence-electron chi connectivity index (χ1n) is 5.43. The van der Waals surface area contributed by atoms with E-state index in [4.69, 9.17) is 5.73 Å². The topological polar surface area (TPSA) is 46.2 Å². The molecule has 15 heavy (non-hydrogen) atoms. The molecular formula is C13H19NO. The van der Waals surface area contributed by atoms with E-state index in [1.807, 2.05) is 18.2 Å². The lowest BCUT2D eigenvalue weighted by molar-refractivity contribution is -0.0500. The molecule has 1 aliphatic carbocycles. The first kappa shape index (κ1) is 10.7. The molecule has 1 aromatic rings. The fraction of sp³-hybridized carbons (Fsp3) is 0.538. The van der Waals surface area contributed by atoms with E-state index in [0.717, 1.165) is 12.0 Å². The molecule has 0 saturated carbocycles. The molecule has 0 heterocycles. The monoisotopic (exact) mass is 205 g/mol. The normalized spacial score (nSPS) is 30.3. The van der Waals surface area contributed by atoms with Gasteiger partial charge in [-0.15, -0.1) is 0 Å². The number of hydrogen-bond donors (Lipinski definition) is 2. The number of rotatable bonds is 0. The maximum absolute atomic E-state index is 10.4. The summed E-state index contributed by atoms with van der Waals surface area (Å²) in [6.45, 7) is 6.38. The van der Waals surface area contributed by atoms with Crippen LogP contribution >= 0.6 is 0 Å². The Kier molecular flexibility index (Phi) is 2.18. The lowest BCUT2D eigenvalue weighted by atomic mass is 9.75. The first-order valence-corrected chi connectivity index (χ1v) is 5.43. The highest BCUT2D eigenvalue weighted by Crippen LogP contribution is 2.46. The van der Waals surface area contributed by atoms with Crippen LogP contribution in [0, 0.1) is 11.3 Å². The fourth-order valence-electron chi connectivity index (χ4n) is 2.62. The van der Waals surface area contributed by atoms with E-state index in [1.54, 1.807) is 0 Å². The zero-order valence-electron chi connectivity index (χ0n) is 9.62. The summed E-state index contributed by atoms with van der Waals surface area (Å²) in [4.78, 5) is 0. The summed E-state index contributed by atoms with van der Waals surface area (Å²) in [5, 5.41) is 10.4. The molecule has 0 fully saturated rings. The van der Waals surface area contributed by atoms with E-state index in [1.165, 1.54) is 5.56 Å². The van der Waals surface area contributed by atoms with Gasteiger partial charge < -0.3 is 5.11 Å². The molecule has 0 amide bonds. The standard InChI is InChI=1S/C13H19NO/c1-12(2,3)11-8-9-6-4-5-7-10(9)13(11,14)15/h4-7,11,15H,8,14H2,1-3H3. The van der Waals surface area contributed by atoms with Crippen LogP contribution in [0.25, 0.3) is 0 Å². The molecule has 0 saturated heterocycles. The van der Waals surface area contributed by atoms with Crippen molar-refractivity contribution < 1.29 is 5.11 Å². The predicted octanol–water partition coefficient (Wildman–Crippen LogP) is 2.01. The van der Waals surface area contributed by atoms with Gasteiger partial charge in [-0.2, -0.15) is 0 Å². The Morgan fingerprint density at radius 2 is 1.93 bits per heavy atom. The third kappa shape index (κ3) is 1.58. The summed E-state index contributed by atoms with van der Waals surface area (Å²) in [5.74, 6) is 0.0856. The Hall–Kier alpha value is -0.860. The number of fused-ring (bicyclic) bond motifs is 1. The van der Waals surface area contributed by atoms with Crippen LogP contribution in [0.3, 0.4) is 0 Å². The van der Waals surface area contributed by atoms with Crippen LogP contribution in [0.5, 0.6) is 0 Å². The number of benzene rings is 1. The minimum atomic E-state index is -1.17. The molecule has 82 valence electrons. The fourth-order valence-corrected chi connectivity index (χ4v) is 2.62. The van der Waals surface area contributed by atoms with Gasteiger partial charge in [0, 0.05) is 11.5 Å². The SMILES string of the molecule is CC(C)(C)C1Cc2ccccc2C1(N)O. The third-order valence-corrected chi connectivity index (χ3v) is 3.45. The van der Waals surface area contributed by atoms with Crippen LogP contribution in [-0.4, -0.2) is 5.11 Å². The van der Waals surface area contributed by atoms with E-state index in [9.17, 15) is 5.11 Å². The number of hydrogen-bond acceptors (Lipinski definition) is 2. The molecule has 0 spiro atoms. The minimum Gasteiger partial charge on any atom is -0.371 e. The molecule has 1 aromatic carbocycles. The summed E-state index contributed by atoms with van der Waals surface area (Å²) >= 11 is 0. The van der Waals surface area contributed by atoms with Crippen molar-refractivity contribution in [3.8, 4) is 0 Å². The van der Waals surface area contributed by atoms with Gasteiger partial charge >= 0.3 is 0 Å². The highest BCUT2D eigenvalue weighted by molar-refractivity contribution is 5.38. The molecule has 2 rings (SSSR count). The molecule has 2 atom stereocenters. The van der Waals surface area contributed by atoms with Crippen LogP contribution in [0.15, 0.2) is 24.3 Å². The molecule has 0 aromatic heterocycles. The molecule has 2 unspecified atom stereocenters. The van der Waals surface area contributed by atoms with Gasteiger partial charge in [0.1, 0.15) is 5.72 Å². The molecule has 0 radical (unpaired) electrons. The molecule has 1 aliphatic rings. The van der Waals surface area contributed by atoms with Gasteiger partial charge in [-0.3, -0.25) is 5.73 Å². The maximum atomic E-state index is 10.4. The highest BCUT2D eigenvalue weighted by atomic mass is 16.3. The van der Waals surface area contributed by atoms with Gasteiger partial charge in [-0.05, 0) is 17.4 Å². The zero-order valence-corrected chi connectivity index (χ0v) is 9.62. The Morgan fingerprint density at radius 3 is 2.47 bits per heavy atom. The van der Waals surface area contributed by atoms with Crippen LogP contribution < -0.4 is 5.73 Å². The molecule has 3 N–H and O–H groups in total. The lowest BCUT2D eigenvalue weighted by Crippen LogP contribution is -2.46. The van der Waals surface area contributed by atoms with Gasteiger partial charge in [0.05, 0.1) is 0 Å². The average molecular weight is 205 g/mol. The summed E-state index contributed by atoms with van der Waals surface area (Å²) in [5.41, 5.74) is 7.00. The highest BCUT2D eigenvalue weighted by Gasteiger charge is 2.47. The van der Waals surface area contributed by atoms with Crippen molar-refractivity contribution in [2.24, 2.45) is 17.1 Å². The van der Waals surface area contributed by atoms with Crippen molar-refractivity contribution in [2.45, 2.75) is 32.9 Å². The second-order valence-electron chi connectivity index (χ2n) is 5.61. The Balaban J connectivity index is 2.47. The Labute approximate surface area is 91.1 Å². The van der Waals surface area contributed by atoms with Gasteiger partial charge in [0.25, 0.3) is 0 Å². The Morgan fingerprint density at radius 1 is 1.33 bits per heavy atom. The average Bonchev–Trinajstić information content (AvgIpc) is 2.39. The number of nitrogens with two attached hydrogens (primary N) is 1. The second-order valence-corrected chi connectivity index (χ2v) is 5.61. The van der Waals surface area contributed by atoms with Crippen LogP contribution in [-0.2, 0) is 12.1 Å². The molecule has 2 heteroatoms. The quantitative estimate of drug-likeness (QED) is 0.636. The largest absolute Gasteiger partial charge is 0.371 e. The van der Waals surface area contributed by atoms with E-state index >= 15 is 0 Å². The van der Waals surface area contributed by atoms with Crippen molar-refractivity contribution >= 4 is 0 Å². The molecule has 2 nitrogen and oxygen atoms in total. The van der Waals surface area contributed by atoms with Crippen molar-refractivity contribution in [1.29, 1.82) is 0 Å². The number of aliphatic hydroxyl groups is 1. The second kappa shape index (κ2) is 3.06. The van der Waals surface area contributed by atoms with Crippen molar-refractivity contribution in [3.63, 3.8) is 0 Å². The predicted molar refractivity (Wildman–Crippen MR) is 61.2 cm³/mol.